The summed E-state index contributed by atoms with van der Waals surface area (Å²) in [6, 6.07) is 15.0. The zero-order valence-electron chi connectivity index (χ0n) is 15.5. The van der Waals surface area contributed by atoms with Crippen LogP contribution >= 0.6 is 11.3 Å². The summed E-state index contributed by atoms with van der Waals surface area (Å²) >= 11 is 1.54. The van der Waals surface area contributed by atoms with E-state index in [-0.39, 0.29) is 5.56 Å². The van der Waals surface area contributed by atoms with Gasteiger partial charge in [-0.1, -0.05) is 12.1 Å². The normalized spacial score (nSPS) is 10.1. The molecule has 7 nitrogen and oxygen atoms in total. The molecule has 3 aromatic rings. The Morgan fingerprint density at radius 1 is 1.21 bits per heavy atom. The Hall–Kier alpha value is -3.70. The third kappa shape index (κ3) is 5.89. The van der Waals surface area contributed by atoms with E-state index in [1.807, 2.05) is 18.4 Å². The van der Waals surface area contributed by atoms with E-state index in [4.69, 9.17) is 14.7 Å². The lowest BCUT2D eigenvalue weighted by Crippen LogP contribution is -2.21. The van der Waals surface area contributed by atoms with Gasteiger partial charge in [-0.25, -0.2) is 9.78 Å². The molecule has 1 heterocycles. The number of carbonyl (C=O) groups is 2. The van der Waals surface area contributed by atoms with E-state index in [1.54, 1.807) is 53.8 Å². The first kappa shape index (κ1) is 20.0. The number of ether oxygens (including phenoxy) is 2. The Bertz CT molecular complexity index is 1070. The Morgan fingerprint density at radius 2 is 2.03 bits per heavy atom. The maximum Gasteiger partial charge on any atom is 0.338 e. The predicted molar refractivity (Wildman–Crippen MR) is 108 cm³/mol. The second-order valence-electron chi connectivity index (χ2n) is 5.99. The molecule has 0 radical (unpaired) electrons. The van der Waals surface area contributed by atoms with Gasteiger partial charge in [-0.3, -0.25) is 4.79 Å². The van der Waals surface area contributed by atoms with Crippen molar-refractivity contribution in [3.63, 3.8) is 0 Å². The molecule has 0 fully saturated rings. The van der Waals surface area contributed by atoms with E-state index in [2.05, 4.69) is 10.3 Å². The van der Waals surface area contributed by atoms with Gasteiger partial charge in [0.25, 0.3) is 5.91 Å². The highest BCUT2D eigenvalue weighted by atomic mass is 32.1. The molecule has 29 heavy (non-hydrogen) atoms. The number of rotatable bonds is 7. The summed E-state index contributed by atoms with van der Waals surface area (Å²) in [6.07, 6.45) is 0. The van der Waals surface area contributed by atoms with Crippen molar-refractivity contribution in [2.75, 3.05) is 11.9 Å². The van der Waals surface area contributed by atoms with Gasteiger partial charge in [-0.15, -0.1) is 11.3 Å². The quantitative estimate of drug-likeness (QED) is 0.599. The van der Waals surface area contributed by atoms with Crippen molar-refractivity contribution >= 4 is 28.9 Å². The third-order valence-electron chi connectivity index (χ3n) is 3.73. The zero-order chi connectivity index (χ0) is 20.6. The average Bonchev–Trinajstić information content (AvgIpc) is 3.16. The van der Waals surface area contributed by atoms with Gasteiger partial charge in [0.05, 0.1) is 27.9 Å². The van der Waals surface area contributed by atoms with Gasteiger partial charge in [-0.05, 0) is 43.3 Å². The van der Waals surface area contributed by atoms with E-state index in [1.165, 1.54) is 6.07 Å². The molecule has 0 bridgehead atoms. The number of aryl methyl sites for hydroxylation is 1. The van der Waals surface area contributed by atoms with Crippen LogP contribution in [-0.2, 0) is 16.1 Å². The fraction of sp³-hybridized carbons (Fsp3) is 0.143. The fourth-order valence-electron chi connectivity index (χ4n) is 2.42. The molecule has 0 aliphatic heterocycles. The summed E-state index contributed by atoms with van der Waals surface area (Å²) < 4.78 is 10.7. The molecule has 0 aliphatic rings. The van der Waals surface area contributed by atoms with Gasteiger partial charge in [0.1, 0.15) is 12.4 Å². The maximum absolute atomic E-state index is 12.2. The molecule has 8 heteroatoms. The molecule has 0 atom stereocenters. The van der Waals surface area contributed by atoms with Gasteiger partial charge in [0, 0.05) is 11.1 Å². The molecule has 1 aromatic heterocycles. The van der Waals surface area contributed by atoms with Crippen LogP contribution in [0.2, 0.25) is 0 Å². The first-order chi connectivity index (χ1) is 14.0. The van der Waals surface area contributed by atoms with Gasteiger partial charge < -0.3 is 14.8 Å². The van der Waals surface area contributed by atoms with Gasteiger partial charge in [-0.2, -0.15) is 5.26 Å². The zero-order valence-corrected chi connectivity index (χ0v) is 16.4. The predicted octanol–water partition coefficient (Wildman–Crippen LogP) is 3.70. The van der Waals surface area contributed by atoms with Gasteiger partial charge in [0.2, 0.25) is 0 Å². The highest BCUT2D eigenvalue weighted by Crippen LogP contribution is 2.17. The summed E-state index contributed by atoms with van der Waals surface area (Å²) in [7, 11) is 0. The van der Waals surface area contributed by atoms with Crippen molar-refractivity contribution in [3.8, 4) is 11.8 Å². The van der Waals surface area contributed by atoms with E-state index in [9.17, 15) is 9.59 Å². The van der Waals surface area contributed by atoms with Crippen LogP contribution in [0.4, 0.5) is 5.69 Å². The molecule has 0 spiro atoms. The lowest BCUT2D eigenvalue weighted by atomic mass is 10.2. The molecule has 146 valence electrons. The number of aromatic nitrogens is 1. The van der Waals surface area contributed by atoms with Crippen LogP contribution in [0.15, 0.2) is 53.9 Å². The number of carbonyl (C=O) groups excluding carboxylic acids is 2. The topological polar surface area (TPSA) is 101 Å². The lowest BCUT2D eigenvalue weighted by Gasteiger charge is -2.08. The van der Waals surface area contributed by atoms with Crippen molar-refractivity contribution in [1.82, 2.24) is 4.98 Å². The molecule has 1 amide bonds. The second kappa shape index (κ2) is 9.48. The average molecular weight is 407 g/mol. The SMILES string of the molecule is Cc1nc(COc2cccc(C(=O)OCC(=O)Nc3cccc(C#N)c3)c2)cs1. The lowest BCUT2D eigenvalue weighted by molar-refractivity contribution is -0.119. The van der Waals surface area contributed by atoms with E-state index in [0.29, 0.717) is 23.6 Å². The third-order valence-corrected chi connectivity index (χ3v) is 4.56. The van der Waals surface area contributed by atoms with Crippen LogP contribution in [0.25, 0.3) is 0 Å². The van der Waals surface area contributed by atoms with Crippen LogP contribution in [0, 0.1) is 18.3 Å². The number of hydrogen-bond acceptors (Lipinski definition) is 7. The van der Waals surface area contributed by atoms with Crippen LogP contribution in [0.1, 0.15) is 26.6 Å². The van der Waals surface area contributed by atoms with E-state index < -0.39 is 18.5 Å². The van der Waals surface area contributed by atoms with Gasteiger partial charge in [0.15, 0.2) is 6.61 Å². The number of esters is 1. The largest absolute Gasteiger partial charge is 0.487 e. The Kier molecular flexibility index (Phi) is 6.55. The number of nitrogens with zero attached hydrogens (tertiary/aromatic N) is 2. The number of anilines is 1. The van der Waals surface area contributed by atoms with Crippen LogP contribution in [0.5, 0.6) is 5.75 Å². The Morgan fingerprint density at radius 3 is 2.79 bits per heavy atom. The number of nitrogens with one attached hydrogen (secondary N) is 1. The number of hydrogen-bond donors (Lipinski definition) is 1. The Balaban J connectivity index is 1.52. The molecular weight excluding hydrogens is 390 g/mol. The minimum Gasteiger partial charge on any atom is -0.487 e. The summed E-state index contributed by atoms with van der Waals surface area (Å²) in [6.45, 7) is 1.77. The van der Waals surface area contributed by atoms with Crippen molar-refractivity contribution < 1.29 is 19.1 Å². The summed E-state index contributed by atoms with van der Waals surface area (Å²) in [5, 5.41) is 14.3. The molecule has 0 saturated heterocycles. The van der Waals surface area contributed by atoms with E-state index in [0.717, 1.165) is 10.7 Å². The molecule has 0 saturated carbocycles. The van der Waals surface area contributed by atoms with Crippen molar-refractivity contribution in [1.29, 1.82) is 5.26 Å². The van der Waals surface area contributed by atoms with E-state index >= 15 is 0 Å². The molecule has 3 rings (SSSR count). The first-order valence-corrected chi connectivity index (χ1v) is 9.52. The van der Waals surface area contributed by atoms with Crippen molar-refractivity contribution in [2.45, 2.75) is 13.5 Å². The molecule has 0 unspecified atom stereocenters. The second-order valence-corrected chi connectivity index (χ2v) is 7.05. The minimum atomic E-state index is -0.638. The van der Waals surface area contributed by atoms with Gasteiger partial charge >= 0.3 is 5.97 Å². The summed E-state index contributed by atoms with van der Waals surface area (Å²) in [5.74, 6) is -0.636. The molecule has 0 aliphatic carbocycles. The standard InChI is InChI=1S/C21H17N3O4S/c1-14-23-18(13-29-14)11-27-19-7-3-5-16(9-19)21(26)28-12-20(25)24-17-6-2-4-15(8-17)10-22/h2-9,13H,11-12H2,1H3,(H,24,25). The maximum atomic E-state index is 12.2. The molecular formula is C21H17N3O4S. The highest BCUT2D eigenvalue weighted by Gasteiger charge is 2.12. The highest BCUT2D eigenvalue weighted by molar-refractivity contribution is 7.09. The first-order valence-electron chi connectivity index (χ1n) is 8.64. The molecule has 1 N–H and O–H groups in total. The van der Waals surface area contributed by atoms with Crippen molar-refractivity contribution in [2.24, 2.45) is 0 Å². The monoisotopic (exact) mass is 407 g/mol. The fourth-order valence-corrected chi connectivity index (χ4v) is 3.02. The number of thiazole rings is 1. The minimum absolute atomic E-state index is 0.274. The van der Waals surface area contributed by atoms with Crippen molar-refractivity contribution in [3.05, 3.63) is 75.7 Å². The molecule has 2 aromatic carbocycles. The number of benzene rings is 2. The summed E-state index contributed by atoms with van der Waals surface area (Å²) in [5.41, 5.74) is 1.97. The number of nitriles is 1. The van der Waals surface area contributed by atoms with Crippen LogP contribution < -0.4 is 10.1 Å². The van der Waals surface area contributed by atoms with Crippen LogP contribution in [-0.4, -0.2) is 23.5 Å². The Labute approximate surface area is 171 Å². The number of amides is 1. The smallest absolute Gasteiger partial charge is 0.338 e. The summed E-state index contributed by atoms with van der Waals surface area (Å²) in [4.78, 5) is 28.5. The van der Waals surface area contributed by atoms with Crippen LogP contribution in [0.3, 0.4) is 0 Å².